The molecule has 0 fully saturated rings. The number of hydrogen-bond acceptors (Lipinski definition) is 2. The molecule has 0 bridgehead atoms. The molecule has 84 valence electrons. The molecule has 16 heavy (non-hydrogen) atoms. The maximum Gasteiger partial charge on any atom is 0.100 e. The molecule has 1 aromatic carbocycles. The molecule has 0 aliphatic carbocycles. The van der Waals surface area contributed by atoms with Crippen LogP contribution in [0.4, 0.5) is 0 Å². The monoisotopic (exact) mass is 272 g/mol. The molecule has 0 saturated carbocycles. The van der Waals surface area contributed by atoms with E-state index in [4.69, 9.17) is 23.2 Å². The summed E-state index contributed by atoms with van der Waals surface area (Å²) >= 11 is 13.1. The Bertz CT molecular complexity index is 467. The van der Waals surface area contributed by atoms with Gasteiger partial charge in [0.05, 0.1) is 10.4 Å². The van der Waals surface area contributed by atoms with Gasteiger partial charge in [-0.2, -0.15) is 0 Å². The van der Waals surface area contributed by atoms with Gasteiger partial charge in [-0.3, -0.25) is 0 Å². The van der Waals surface area contributed by atoms with Crippen molar-refractivity contribution in [2.24, 2.45) is 0 Å². The van der Waals surface area contributed by atoms with Gasteiger partial charge in [-0.15, -0.1) is 11.3 Å². The summed E-state index contributed by atoms with van der Waals surface area (Å²) in [5.74, 6) is 0. The van der Waals surface area contributed by atoms with Gasteiger partial charge < -0.3 is 5.11 Å². The zero-order chi connectivity index (χ0) is 11.5. The molecule has 1 heterocycles. The zero-order valence-corrected chi connectivity index (χ0v) is 10.7. The summed E-state index contributed by atoms with van der Waals surface area (Å²) in [5.41, 5.74) is 1.79. The third-order valence-corrected chi connectivity index (χ3v) is 3.83. The standard InChI is InChI=1S/C12H10Cl2OS/c13-11-7-9(12(14)16-11)10(15)6-8-4-2-1-3-5-8/h1-5,7,10,15H,6H2. The molecule has 1 N–H and O–H groups in total. The van der Waals surface area contributed by atoms with E-state index in [1.54, 1.807) is 6.07 Å². The van der Waals surface area contributed by atoms with Crippen molar-refractivity contribution in [3.63, 3.8) is 0 Å². The predicted molar refractivity (Wildman–Crippen MR) is 69.4 cm³/mol. The normalized spacial score (nSPS) is 12.7. The molecule has 0 amide bonds. The van der Waals surface area contributed by atoms with E-state index in [0.29, 0.717) is 20.7 Å². The fraction of sp³-hybridized carbons (Fsp3) is 0.167. The van der Waals surface area contributed by atoms with Crippen LogP contribution in [0.5, 0.6) is 0 Å². The highest BCUT2D eigenvalue weighted by atomic mass is 35.5. The van der Waals surface area contributed by atoms with E-state index >= 15 is 0 Å². The summed E-state index contributed by atoms with van der Waals surface area (Å²) in [6.07, 6.45) is -0.0492. The van der Waals surface area contributed by atoms with E-state index in [2.05, 4.69) is 0 Å². The van der Waals surface area contributed by atoms with Crippen LogP contribution in [-0.2, 0) is 6.42 Å². The lowest BCUT2D eigenvalue weighted by molar-refractivity contribution is 0.179. The maximum atomic E-state index is 10.0. The van der Waals surface area contributed by atoms with E-state index in [9.17, 15) is 5.11 Å². The molecule has 1 unspecified atom stereocenters. The Morgan fingerprint density at radius 1 is 1.19 bits per heavy atom. The van der Waals surface area contributed by atoms with Crippen LogP contribution < -0.4 is 0 Å². The second-order valence-corrected chi connectivity index (χ2v) is 5.77. The van der Waals surface area contributed by atoms with Gasteiger partial charge in [0.25, 0.3) is 0 Å². The molecule has 4 heteroatoms. The first-order valence-corrected chi connectivity index (χ1v) is 6.41. The van der Waals surface area contributed by atoms with Crippen LogP contribution in [0.1, 0.15) is 17.2 Å². The summed E-state index contributed by atoms with van der Waals surface area (Å²) in [6, 6.07) is 11.5. The number of hydrogen-bond donors (Lipinski definition) is 1. The topological polar surface area (TPSA) is 20.2 Å². The van der Waals surface area contributed by atoms with Gasteiger partial charge in [0.15, 0.2) is 0 Å². The minimum atomic E-state index is -0.598. The fourth-order valence-electron chi connectivity index (χ4n) is 1.53. The molecule has 0 radical (unpaired) electrons. The van der Waals surface area contributed by atoms with Crippen molar-refractivity contribution in [1.29, 1.82) is 0 Å². The Morgan fingerprint density at radius 3 is 2.44 bits per heavy atom. The van der Waals surface area contributed by atoms with Gasteiger partial charge in [0.1, 0.15) is 4.34 Å². The van der Waals surface area contributed by atoms with E-state index in [0.717, 1.165) is 5.56 Å². The molecule has 1 nitrogen and oxygen atoms in total. The Labute approximate surface area is 108 Å². The average molecular weight is 273 g/mol. The lowest BCUT2D eigenvalue weighted by Gasteiger charge is -2.09. The summed E-state index contributed by atoms with van der Waals surface area (Å²) in [7, 11) is 0. The molecular weight excluding hydrogens is 263 g/mol. The lowest BCUT2D eigenvalue weighted by atomic mass is 10.0. The number of aliphatic hydroxyl groups excluding tert-OH is 1. The second-order valence-electron chi connectivity index (χ2n) is 3.49. The van der Waals surface area contributed by atoms with Gasteiger partial charge in [0, 0.05) is 12.0 Å². The highest BCUT2D eigenvalue weighted by Crippen LogP contribution is 2.35. The first-order valence-electron chi connectivity index (χ1n) is 4.83. The van der Waals surface area contributed by atoms with Gasteiger partial charge in [-0.1, -0.05) is 53.5 Å². The van der Waals surface area contributed by atoms with E-state index in [-0.39, 0.29) is 0 Å². The number of rotatable bonds is 3. The van der Waals surface area contributed by atoms with Crippen LogP contribution in [0.25, 0.3) is 0 Å². The van der Waals surface area contributed by atoms with Crippen molar-refractivity contribution < 1.29 is 5.11 Å². The van der Waals surface area contributed by atoms with Crippen LogP contribution in [0.3, 0.4) is 0 Å². The smallest absolute Gasteiger partial charge is 0.100 e. The van der Waals surface area contributed by atoms with Crippen LogP contribution in [0.15, 0.2) is 36.4 Å². The largest absolute Gasteiger partial charge is 0.388 e. The average Bonchev–Trinajstić information content (AvgIpc) is 2.59. The van der Waals surface area contributed by atoms with Crippen molar-refractivity contribution >= 4 is 34.5 Å². The van der Waals surface area contributed by atoms with Gasteiger partial charge in [-0.05, 0) is 11.6 Å². The van der Waals surface area contributed by atoms with Crippen LogP contribution >= 0.6 is 34.5 Å². The van der Waals surface area contributed by atoms with E-state index in [1.807, 2.05) is 30.3 Å². The summed E-state index contributed by atoms with van der Waals surface area (Å²) in [6.45, 7) is 0. The molecule has 0 saturated heterocycles. The van der Waals surface area contributed by atoms with Crippen molar-refractivity contribution in [3.8, 4) is 0 Å². The van der Waals surface area contributed by atoms with Crippen LogP contribution in [0, 0.1) is 0 Å². The quantitative estimate of drug-likeness (QED) is 0.882. The lowest BCUT2D eigenvalue weighted by Crippen LogP contribution is -2.00. The molecule has 0 aliphatic rings. The number of halogens is 2. The van der Waals surface area contributed by atoms with E-state index < -0.39 is 6.10 Å². The number of thiophene rings is 1. The summed E-state index contributed by atoms with van der Waals surface area (Å²) < 4.78 is 1.17. The third kappa shape index (κ3) is 2.77. The minimum Gasteiger partial charge on any atom is -0.388 e. The highest BCUT2D eigenvalue weighted by Gasteiger charge is 2.15. The van der Waals surface area contributed by atoms with Crippen molar-refractivity contribution in [1.82, 2.24) is 0 Å². The Morgan fingerprint density at radius 2 is 1.88 bits per heavy atom. The Hall–Kier alpha value is -0.540. The minimum absolute atomic E-state index is 0.549. The fourth-order valence-corrected chi connectivity index (χ4v) is 3.09. The molecule has 2 rings (SSSR count). The zero-order valence-electron chi connectivity index (χ0n) is 8.36. The molecule has 1 aromatic heterocycles. The van der Waals surface area contributed by atoms with Gasteiger partial charge >= 0.3 is 0 Å². The Kier molecular flexibility index (Phi) is 3.87. The third-order valence-electron chi connectivity index (χ3n) is 2.31. The Balaban J connectivity index is 2.14. The summed E-state index contributed by atoms with van der Waals surface area (Å²) in [5, 5.41) is 10.0. The number of benzene rings is 1. The first-order chi connectivity index (χ1) is 7.66. The van der Waals surface area contributed by atoms with Crippen LogP contribution in [-0.4, -0.2) is 5.11 Å². The van der Waals surface area contributed by atoms with E-state index in [1.165, 1.54) is 11.3 Å². The first kappa shape index (κ1) is 11.9. The maximum absolute atomic E-state index is 10.0. The second kappa shape index (κ2) is 5.19. The summed E-state index contributed by atoms with van der Waals surface area (Å²) in [4.78, 5) is 0. The molecule has 1 atom stereocenters. The van der Waals surface area contributed by atoms with Crippen LogP contribution in [0.2, 0.25) is 8.67 Å². The molecule has 2 aromatic rings. The van der Waals surface area contributed by atoms with Crippen molar-refractivity contribution in [3.05, 3.63) is 56.2 Å². The molecule has 0 aliphatic heterocycles. The predicted octanol–water partition coefficient (Wildman–Crippen LogP) is 4.33. The number of aliphatic hydroxyl groups is 1. The molecule has 0 spiro atoms. The SMILES string of the molecule is OC(Cc1ccccc1)c1cc(Cl)sc1Cl. The van der Waals surface area contributed by atoms with Gasteiger partial charge in [-0.25, -0.2) is 0 Å². The van der Waals surface area contributed by atoms with Crippen molar-refractivity contribution in [2.75, 3.05) is 0 Å². The molecular formula is C12H10Cl2OS. The highest BCUT2D eigenvalue weighted by molar-refractivity contribution is 7.20. The van der Waals surface area contributed by atoms with Gasteiger partial charge in [0.2, 0.25) is 0 Å². The van der Waals surface area contributed by atoms with Crippen molar-refractivity contribution in [2.45, 2.75) is 12.5 Å².